The number of nitrogens with zero attached hydrogens (tertiary/aromatic N) is 1. The fourth-order valence-electron chi connectivity index (χ4n) is 2.46. The van der Waals surface area contributed by atoms with Crippen molar-refractivity contribution in [2.24, 2.45) is 0 Å². The van der Waals surface area contributed by atoms with Crippen molar-refractivity contribution in [3.63, 3.8) is 0 Å². The number of hydrogen-bond donors (Lipinski definition) is 1. The largest absolute Gasteiger partial charge is 0.430 e. The number of halogens is 6. The van der Waals surface area contributed by atoms with E-state index in [9.17, 15) is 39.9 Å². The zero-order valence-electron chi connectivity index (χ0n) is 14.9. The molecular formula is C17H15F6NO3S2. The van der Waals surface area contributed by atoms with Gasteiger partial charge in [-0.3, -0.25) is 4.31 Å². The number of sulfonamides is 1. The SMILES string of the molecule is CSc1cccc(N(C)S(=O)(=O)c2ccc(C(O)(C(F)(F)F)C(F)(F)F)cc2)c1. The van der Waals surface area contributed by atoms with E-state index in [1.54, 1.807) is 24.5 Å². The number of anilines is 1. The van der Waals surface area contributed by atoms with Gasteiger partial charge in [-0.05, 0) is 36.6 Å². The summed E-state index contributed by atoms with van der Waals surface area (Å²) in [4.78, 5) is 0.213. The molecule has 0 spiro atoms. The first kappa shape index (κ1) is 23.4. The molecule has 0 unspecified atom stereocenters. The summed E-state index contributed by atoms with van der Waals surface area (Å²) in [7, 11) is -3.07. The standard InChI is InChI=1S/C17H15F6NO3S2/c1-24(12-4-3-5-13(10-12)28-2)29(26,27)14-8-6-11(7-9-14)15(25,16(18,19)20)17(21,22)23/h3-10,25H,1-2H3. The van der Waals surface area contributed by atoms with Gasteiger partial charge >= 0.3 is 12.4 Å². The van der Waals surface area contributed by atoms with Gasteiger partial charge in [0.25, 0.3) is 15.6 Å². The van der Waals surface area contributed by atoms with Crippen LogP contribution in [-0.4, -0.2) is 39.2 Å². The Balaban J connectivity index is 2.47. The van der Waals surface area contributed by atoms with Crippen LogP contribution in [0.5, 0.6) is 0 Å². The van der Waals surface area contributed by atoms with E-state index >= 15 is 0 Å². The molecule has 0 aliphatic rings. The van der Waals surface area contributed by atoms with Gasteiger partial charge in [0.2, 0.25) is 0 Å². The zero-order chi connectivity index (χ0) is 22.3. The molecule has 0 aliphatic heterocycles. The van der Waals surface area contributed by atoms with Gasteiger partial charge in [0.05, 0.1) is 10.6 Å². The quantitative estimate of drug-likeness (QED) is 0.527. The molecule has 0 heterocycles. The van der Waals surface area contributed by atoms with Crippen LogP contribution < -0.4 is 4.31 Å². The van der Waals surface area contributed by atoms with E-state index in [1.807, 2.05) is 0 Å². The molecule has 4 nitrogen and oxygen atoms in total. The van der Waals surface area contributed by atoms with Crippen LogP contribution in [0.4, 0.5) is 32.0 Å². The lowest BCUT2D eigenvalue weighted by Crippen LogP contribution is -2.53. The van der Waals surface area contributed by atoms with Gasteiger partial charge in [0, 0.05) is 17.5 Å². The van der Waals surface area contributed by atoms with Gasteiger partial charge < -0.3 is 5.11 Å². The highest BCUT2D eigenvalue weighted by atomic mass is 32.2. The van der Waals surface area contributed by atoms with Gasteiger partial charge in [-0.1, -0.05) is 18.2 Å². The Hall–Kier alpha value is -1.92. The second kappa shape index (κ2) is 7.73. The van der Waals surface area contributed by atoms with Crippen molar-refractivity contribution in [1.82, 2.24) is 0 Å². The molecule has 0 radical (unpaired) electrons. The summed E-state index contributed by atoms with van der Waals surface area (Å²) in [5.74, 6) is 0. The maximum atomic E-state index is 12.9. The molecule has 0 bridgehead atoms. The molecule has 0 atom stereocenters. The van der Waals surface area contributed by atoms with Crippen LogP contribution in [0.1, 0.15) is 5.56 Å². The number of aliphatic hydroxyl groups is 1. The number of benzene rings is 2. The van der Waals surface area contributed by atoms with Gasteiger partial charge in [-0.2, -0.15) is 26.3 Å². The average Bonchev–Trinajstić information content (AvgIpc) is 2.65. The smallest absolute Gasteiger partial charge is 0.369 e. The van der Waals surface area contributed by atoms with Crippen LogP contribution >= 0.6 is 11.8 Å². The molecule has 0 aromatic heterocycles. The predicted molar refractivity (Wildman–Crippen MR) is 96.3 cm³/mol. The molecule has 1 N–H and O–H groups in total. The lowest BCUT2D eigenvalue weighted by atomic mass is 9.92. The predicted octanol–water partition coefficient (Wildman–Crippen LogP) is 4.55. The van der Waals surface area contributed by atoms with Gasteiger partial charge in [-0.25, -0.2) is 8.42 Å². The van der Waals surface area contributed by atoms with Gasteiger partial charge in [-0.15, -0.1) is 11.8 Å². The maximum Gasteiger partial charge on any atom is 0.430 e. The van der Waals surface area contributed by atoms with Crippen molar-refractivity contribution in [2.45, 2.75) is 27.7 Å². The van der Waals surface area contributed by atoms with Crippen LogP contribution in [0.3, 0.4) is 0 Å². The first-order chi connectivity index (χ1) is 13.2. The minimum atomic E-state index is -6.05. The van der Waals surface area contributed by atoms with E-state index in [-0.39, 0.29) is 5.69 Å². The van der Waals surface area contributed by atoms with E-state index in [1.165, 1.54) is 24.9 Å². The molecule has 2 aromatic carbocycles. The first-order valence-corrected chi connectivity index (χ1v) is 10.4. The van der Waals surface area contributed by atoms with E-state index in [2.05, 4.69) is 0 Å². The summed E-state index contributed by atoms with van der Waals surface area (Å²) >= 11 is 1.35. The summed E-state index contributed by atoms with van der Waals surface area (Å²) in [6.07, 6.45) is -10.3. The minimum Gasteiger partial charge on any atom is -0.369 e. The van der Waals surface area contributed by atoms with Crippen molar-refractivity contribution in [3.05, 3.63) is 54.1 Å². The van der Waals surface area contributed by atoms with Crippen LogP contribution in [0.2, 0.25) is 0 Å². The van der Waals surface area contributed by atoms with Crippen LogP contribution in [0, 0.1) is 0 Å². The third-order valence-electron chi connectivity index (χ3n) is 4.17. The fraction of sp³-hybridized carbons (Fsp3) is 0.294. The summed E-state index contributed by atoms with van der Waals surface area (Å²) < 4.78 is 104. The Bertz CT molecular complexity index is 958. The van der Waals surface area contributed by atoms with E-state index in [0.717, 1.165) is 9.20 Å². The molecule has 2 rings (SSSR count). The Morgan fingerprint density at radius 2 is 1.45 bits per heavy atom. The average molecular weight is 459 g/mol. The normalized spacial score (nSPS) is 13.4. The van der Waals surface area contributed by atoms with Crippen molar-refractivity contribution in [1.29, 1.82) is 0 Å². The summed E-state index contributed by atoms with van der Waals surface area (Å²) in [5, 5.41) is 9.38. The van der Waals surface area contributed by atoms with E-state index in [0.29, 0.717) is 24.3 Å². The summed E-state index contributed by atoms with van der Waals surface area (Å²) in [6.45, 7) is 0. The molecule has 0 fully saturated rings. The first-order valence-electron chi connectivity index (χ1n) is 7.75. The molecular weight excluding hydrogens is 444 g/mol. The van der Waals surface area contributed by atoms with Crippen molar-refractivity contribution in [2.75, 3.05) is 17.6 Å². The molecule has 0 aliphatic carbocycles. The lowest BCUT2D eigenvalue weighted by molar-refractivity contribution is -0.376. The topological polar surface area (TPSA) is 57.6 Å². The summed E-state index contributed by atoms with van der Waals surface area (Å²) in [5.41, 5.74) is -6.41. The van der Waals surface area contributed by atoms with Crippen LogP contribution in [0.15, 0.2) is 58.3 Å². The maximum absolute atomic E-state index is 12.9. The Labute approximate surface area is 167 Å². The molecule has 2 aromatic rings. The fourth-order valence-corrected chi connectivity index (χ4v) is 4.10. The number of thioether (sulfide) groups is 1. The van der Waals surface area contributed by atoms with Crippen LogP contribution in [0.25, 0.3) is 0 Å². The Morgan fingerprint density at radius 1 is 0.931 bits per heavy atom. The van der Waals surface area contributed by atoms with Gasteiger partial charge in [0.1, 0.15) is 0 Å². The van der Waals surface area contributed by atoms with Crippen molar-refractivity contribution < 1.29 is 39.9 Å². The highest BCUT2D eigenvalue weighted by molar-refractivity contribution is 7.98. The monoisotopic (exact) mass is 459 g/mol. The minimum absolute atomic E-state index is 0.253. The molecule has 160 valence electrons. The molecule has 12 heteroatoms. The number of hydrogen-bond acceptors (Lipinski definition) is 4. The second-order valence-corrected chi connectivity index (χ2v) is 8.75. The second-order valence-electron chi connectivity index (χ2n) is 5.90. The highest BCUT2D eigenvalue weighted by Gasteiger charge is 2.71. The number of rotatable bonds is 5. The molecule has 0 saturated heterocycles. The number of alkyl halides is 6. The third kappa shape index (κ3) is 4.19. The Kier molecular flexibility index (Phi) is 6.22. The molecule has 29 heavy (non-hydrogen) atoms. The highest BCUT2D eigenvalue weighted by Crippen LogP contribution is 2.50. The van der Waals surface area contributed by atoms with Crippen LogP contribution in [-0.2, 0) is 15.6 Å². The summed E-state index contributed by atoms with van der Waals surface area (Å²) in [6, 6.07) is 8.13. The molecule has 0 saturated carbocycles. The van der Waals surface area contributed by atoms with E-state index in [4.69, 9.17) is 0 Å². The van der Waals surface area contributed by atoms with E-state index < -0.39 is 38.4 Å². The lowest BCUT2D eigenvalue weighted by Gasteiger charge is -2.32. The van der Waals surface area contributed by atoms with Crippen molar-refractivity contribution in [3.8, 4) is 0 Å². The third-order valence-corrected chi connectivity index (χ3v) is 6.69. The zero-order valence-corrected chi connectivity index (χ0v) is 16.5. The van der Waals surface area contributed by atoms with Crippen molar-refractivity contribution >= 4 is 27.5 Å². The Morgan fingerprint density at radius 3 is 1.90 bits per heavy atom. The van der Waals surface area contributed by atoms with Gasteiger partial charge in [0.15, 0.2) is 0 Å². The molecule has 0 amide bonds.